The van der Waals surface area contributed by atoms with E-state index in [0.29, 0.717) is 16.4 Å². The number of anilines is 1. The zero-order valence-electron chi connectivity index (χ0n) is 10.2. The molecule has 1 unspecified atom stereocenters. The van der Waals surface area contributed by atoms with Crippen molar-refractivity contribution < 1.29 is 4.79 Å². The largest absolute Gasteiger partial charge is 0.330 e. The fraction of sp³-hybridized carbons (Fsp3) is 0.273. The Morgan fingerprint density at radius 3 is 3.00 bits per heavy atom. The van der Waals surface area contributed by atoms with E-state index in [-0.39, 0.29) is 18.4 Å². The van der Waals surface area contributed by atoms with Crippen LogP contribution in [0.25, 0.3) is 5.69 Å². The predicted octanol–water partition coefficient (Wildman–Crippen LogP) is 0.849. The fourth-order valence-corrected chi connectivity index (χ4v) is 1.56. The van der Waals surface area contributed by atoms with Crippen LogP contribution in [-0.2, 0) is 4.79 Å². The van der Waals surface area contributed by atoms with Gasteiger partial charge in [-0.15, -0.1) is 5.10 Å². The third kappa shape index (κ3) is 3.07. The number of carbonyl (C=O) groups excluding carboxylic acids is 1. The van der Waals surface area contributed by atoms with Gasteiger partial charge in [-0.1, -0.05) is 18.5 Å². The first-order chi connectivity index (χ1) is 9.11. The van der Waals surface area contributed by atoms with Crippen molar-refractivity contribution in [2.75, 3.05) is 11.9 Å². The number of hydrogen-bond donors (Lipinski definition) is 2. The summed E-state index contributed by atoms with van der Waals surface area (Å²) < 4.78 is 1.47. The average Bonchev–Trinajstić information content (AvgIpc) is 2.94. The summed E-state index contributed by atoms with van der Waals surface area (Å²) in [5, 5.41) is 14.0. The van der Waals surface area contributed by atoms with E-state index in [1.165, 1.54) is 11.0 Å². The van der Waals surface area contributed by atoms with Crippen molar-refractivity contribution in [3.8, 4) is 5.69 Å². The van der Waals surface area contributed by atoms with E-state index in [1.54, 1.807) is 25.1 Å². The van der Waals surface area contributed by atoms with Gasteiger partial charge < -0.3 is 11.1 Å². The van der Waals surface area contributed by atoms with Gasteiger partial charge in [-0.25, -0.2) is 4.68 Å². The first-order valence-electron chi connectivity index (χ1n) is 5.65. The Labute approximate surface area is 114 Å². The Bertz CT molecular complexity index is 571. The van der Waals surface area contributed by atoms with Gasteiger partial charge in [-0.3, -0.25) is 4.79 Å². The summed E-state index contributed by atoms with van der Waals surface area (Å²) in [6.45, 7) is 2.02. The van der Waals surface area contributed by atoms with Crippen molar-refractivity contribution in [2.24, 2.45) is 11.7 Å². The van der Waals surface area contributed by atoms with Crippen molar-refractivity contribution in [3.63, 3.8) is 0 Å². The van der Waals surface area contributed by atoms with Crippen molar-refractivity contribution >= 4 is 23.2 Å². The second-order valence-corrected chi connectivity index (χ2v) is 4.45. The minimum Gasteiger partial charge on any atom is -0.330 e. The quantitative estimate of drug-likeness (QED) is 0.865. The van der Waals surface area contributed by atoms with Gasteiger partial charge >= 0.3 is 0 Å². The van der Waals surface area contributed by atoms with Crippen LogP contribution >= 0.6 is 11.6 Å². The second kappa shape index (κ2) is 5.77. The number of aromatic nitrogens is 4. The molecular weight excluding hydrogens is 268 g/mol. The number of hydrogen-bond acceptors (Lipinski definition) is 5. The Morgan fingerprint density at radius 2 is 2.37 bits per heavy atom. The van der Waals surface area contributed by atoms with Gasteiger partial charge in [0.15, 0.2) is 0 Å². The Kier molecular flexibility index (Phi) is 4.08. The van der Waals surface area contributed by atoms with Gasteiger partial charge in [0.25, 0.3) is 0 Å². The highest BCUT2D eigenvalue weighted by Crippen LogP contribution is 2.24. The smallest absolute Gasteiger partial charge is 0.228 e. The maximum Gasteiger partial charge on any atom is 0.228 e. The Balaban J connectivity index is 2.25. The van der Waals surface area contributed by atoms with E-state index in [0.717, 1.165) is 0 Å². The summed E-state index contributed by atoms with van der Waals surface area (Å²) in [6.07, 6.45) is 1.46. The Morgan fingerprint density at radius 1 is 1.58 bits per heavy atom. The molecule has 8 heteroatoms. The van der Waals surface area contributed by atoms with E-state index < -0.39 is 0 Å². The number of halogens is 1. The molecule has 3 N–H and O–H groups in total. The lowest BCUT2D eigenvalue weighted by Gasteiger charge is -2.12. The van der Waals surface area contributed by atoms with Gasteiger partial charge in [-0.05, 0) is 28.6 Å². The van der Waals surface area contributed by atoms with Gasteiger partial charge in [0.1, 0.15) is 6.33 Å². The van der Waals surface area contributed by atoms with Crippen LogP contribution in [0.15, 0.2) is 24.5 Å². The molecule has 0 saturated carbocycles. The zero-order chi connectivity index (χ0) is 13.8. The summed E-state index contributed by atoms with van der Waals surface area (Å²) in [5.41, 5.74) is 6.65. The van der Waals surface area contributed by atoms with Gasteiger partial charge in [0, 0.05) is 12.5 Å². The maximum absolute atomic E-state index is 11.8. The molecule has 0 aliphatic rings. The molecule has 1 heterocycles. The predicted molar refractivity (Wildman–Crippen MR) is 71.0 cm³/mol. The van der Waals surface area contributed by atoms with Crippen molar-refractivity contribution in [1.29, 1.82) is 0 Å². The number of nitrogens with zero attached hydrogens (tertiary/aromatic N) is 4. The summed E-state index contributed by atoms with van der Waals surface area (Å²) in [7, 11) is 0. The standard InChI is InChI=1S/C11H13ClN6O/c1-7(5-13)11(19)15-10-4-8(2-3-9(10)12)18-6-14-16-17-18/h2-4,6-7H,5,13H2,1H3,(H,15,19). The van der Waals surface area contributed by atoms with Crippen LogP contribution in [0.2, 0.25) is 5.02 Å². The third-order valence-corrected chi connectivity index (χ3v) is 2.95. The number of amides is 1. The highest BCUT2D eigenvalue weighted by Gasteiger charge is 2.13. The minimum absolute atomic E-state index is 0.182. The molecule has 0 radical (unpaired) electrons. The van der Waals surface area contributed by atoms with Crippen LogP contribution in [0.5, 0.6) is 0 Å². The molecule has 2 aromatic rings. The summed E-state index contributed by atoms with van der Waals surface area (Å²) in [6, 6.07) is 5.11. The summed E-state index contributed by atoms with van der Waals surface area (Å²) in [4.78, 5) is 11.8. The fourth-order valence-electron chi connectivity index (χ4n) is 1.39. The number of nitrogens with two attached hydrogens (primary N) is 1. The van der Waals surface area contributed by atoms with E-state index in [9.17, 15) is 4.79 Å². The molecule has 2 rings (SSSR count). The van der Waals surface area contributed by atoms with E-state index in [4.69, 9.17) is 17.3 Å². The molecule has 100 valence electrons. The molecule has 0 bridgehead atoms. The number of nitrogens with one attached hydrogen (secondary N) is 1. The number of benzene rings is 1. The number of carbonyl (C=O) groups is 1. The van der Waals surface area contributed by atoms with Crippen LogP contribution in [0, 0.1) is 5.92 Å². The zero-order valence-corrected chi connectivity index (χ0v) is 11.0. The van der Waals surface area contributed by atoms with Gasteiger partial charge in [0.2, 0.25) is 5.91 Å². The van der Waals surface area contributed by atoms with Gasteiger partial charge in [-0.2, -0.15) is 0 Å². The highest BCUT2D eigenvalue weighted by molar-refractivity contribution is 6.33. The molecule has 0 aliphatic carbocycles. The second-order valence-electron chi connectivity index (χ2n) is 4.04. The van der Waals surface area contributed by atoms with E-state index in [2.05, 4.69) is 20.8 Å². The molecule has 1 amide bonds. The molecule has 1 aromatic carbocycles. The first kappa shape index (κ1) is 13.4. The lowest BCUT2D eigenvalue weighted by Crippen LogP contribution is -2.26. The molecule has 7 nitrogen and oxygen atoms in total. The van der Waals surface area contributed by atoms with Crippen molar-refractivity contribution in [2.45, 2.75) is 6.92 Å². The molecule has 0 fully saturated rings. The van der Waals surface area contributed by atoms with Crippen molar-refractivity contribution in [1.82, 2.24) is 20.2 Å². The third-order valence-electron chi connectivity index (χ3n) is 2.62. The summed E-state index contributed by atoms with van der Waals surface area (Å²) in [5.74, 6) is -0.467. The molecular formula is C11H13ClN6O. The Hall–Kier alpha value is -1.99. The van der Waals surface area contributed by atoms with E-state index in [1.807, 2.05) is 0 Å². The average molecular weight is 281 g/mol. The van der Waals surface area contributed by atoms with Crippen LogP contribution in [0.1, 0.15) is 6.92 Å². The SMILES string of the molecule is CC(CN)C(=O)Nc1cc(-n2cnnn2)ccc1Cl. The minimum atomic E-state index is -0.284. The molecule has 19 heavy (non-hydrogen) atoms. The van der Waals surface area contributed by atoms with Crippen molar-refractivity contribution in [3.05, 3.63) is 29.5 Å². The van der Waals surface area contributed by atoms with Gasteiger partial charge in [0.05, 0.1) is 16.4 Å². The monoisotopic (exact) mass is 280 g/mol. The number of tetrazole rings is 1. The van der Waals surface area contributed by atoms with Crippen LogP contribution < -0.4 is 11.1 Å². The molecule has 0 spiro atoms. The molecule has 0 aliphatic heterocycles. The number of rotatable bonds is 4. The van der Waals surface area contributed by atoms with Crippen LogP contribution in [0.3, 0.4) is 0 Å². The topological polar surface area (TPSA) is 98.7 Å². The molecule has 1 atom stereocenters. The summed E-state index contributed by atoms with van der Waals surface area (Å²) >= 11 is 6.04. The van der Waals surface area contributed by atoms with Crippen LogP contribution in [-0.4, -0.2) is 32.7 Å². The van der Waals surface area contributed by atoms with E-state index >= 15 is 0 Å². The molecule has 1 aromatic heterocycles. The highest BCUT2D eigenvalue weighted by atomic mass is 35.5. The first-order valence-corrected chi connectivity index (χ1v) is 6.03. The van der Waals surface area contributed by atoms with Crippen LogP contribution in [0.4, 0.5) is 5.69 Å². The molecule has 0 saturated heterocycles. The maximum atomic E-state index is 11.8. The normalized spacial score (nSPS) is 12.2. The lowest BCUT2D eigenvalue weighted by molar-refractivity contribution is -0.119. The lowest BCUT2D eigenvalue weighted by atomic mass is 10.1.